The third-order valence-electron chi connectivity index (χ3n) is 5.65. The fourth-order valence-corrected chi connectivity index (χ4v) is 3.94. The molecule has 0 saturated heterocycles. The number of nitrogens with zero attached hydrogens (tertiary/aromatic N) is 1. The highest BCUT2D eigenvalue weighted by Crippen LogP contribution is 2.36. The van der Waals surface area contributed by atoms with Crippen LogP contribution in [0.25, 0.3) is 5.57 Å². The topological polar surface area (TPSA) is 67.9 Å². The Morgan fingerprint density at radius 2 is 1.53 bits per heavy atom. The van der Waals surface area contributed by atoms with E-state index in [-0.39, 0.29) is 11.6 Å². The standard InChI is InChI=1S/C28H28N2O4/c1-5-16-34-23-11-7-20(8-12-23)25-26(29-21-9-13-22(33-4)14-10-21)28(32)30(27(25)31)24-15-6-18(2)17-19(24)3/h6-15,17,29H,5,16H2,1-4H3. The van der Waals surface area contributed by atoms with Crippen molar-refractivity contribution >= 4 is 28.8 Å². The lowest BCUT2D eigenvalue weighted by molar-refractivity contribution is -0.120. The van der Waals surface area contributed by atoms with Gasteiger partial charge in [-0.2, -0.15) is 0 Å². The average Bonchev–Trinajstić information content (AvgIpc) is 3.08. The smallest absolute Gasteiger partial charge is 0.282 e. The molecule has 6 nitrogen and oxygen atoms in total. The molecule has 1 aliphatic heterocycles. The number of benzene rings is 3. The molecule has 1 N–H and O–H groups in total. The minimum atomic E-state index is -0.394. The Labute approximate surface area is 199 Å². The van der Waals surface area contributed by atoms with Crippen LogP contribution >= 0.6 is 0 Å². The van der Waals surface area contributed by atoms with E-state index >= 15 is 0 Å². The molecule has 0 aromatic heterocycles. The number of methoxy groups -OCH3 is 1. The van der Waals surface area contributed by atoms with Crippen molar-refractivity contribution < 1.29 is 19.1 Å². The minimum Gasteiger partial charge on any atom is -0.497 e. The normalized spacial score (nSPS) is 13.5. The summed E-state index contributed by atoms with van der Waals surface area (Å²) in [6.07, 6.45) is 0.903. The van der Waals surface area contributed by atoms with Crippen molar-refractivity contribution in [2.45, 2.75) is 27.2 Å². The number of carbonyl (C=O) groups is 2. The van der Waals surface area contributed by atoms with Crippen molar-refractivity contribution in [3.05, 3.63) is 89.1 Å². The fraction of sp³-hybridized carbons (Fsp3) is 0.214. The fourth-order valence-electron chi connectivity index (χ4n) is 3.94. The number of anilines is 2. The van der Waals surface area contributed by atoms with E-state index < -0.39 is 5.91 Å². The van der Waals surface area contributed by atoms with E-state index in [1.807, 2.05) is 75.4 Å². The highest BCUT2D eigenvalue weighted by molar-refractivity contribution is 6.46. The number of amides is 2. The first-order valence-corrected chi connectivity index (χ1v) is 11.3. The van der Waals surface area contributed by atoms with Crippen molar-refractivity contribution in [3.63, 3.8) is 0 Å². The molecule has 0 bridgehead atoms. The van der Waals surface area contributed by atoms with Crippen LogP contribution in [-0.4, -0.2) is 25.5 Å². The maximum Gasteiger partial charge on any atom is 0.282 e. The summed E-state index contributed by atoms with van der Waals surface area (Å²) in [6, 6.07) is 20.2. The van der Waals surface area contributed by atoms with Crippen LogP contribution in [0.4, 0.5) is 11.4 Å². The van der Waals surface area contributed by atoms with Crippen molar-refractivity contribution in [2.24, 2.45) is 0 Å². The van der Waals surface area contributed by atoms with E-state index in [4.69, 9.17) is 9.47 Å². The van der Waals surface area contributed by atoms with Crippen LogP contribution in [0.3, 0.4) is 0 Å². The molecule has 1 aliphatic rings. The Hall–Kier alpha value is -4.06. The first-order chi connectivity index (χ1) is 16.4. The maximum absolute atomic E-state index is 13.7. The van der Waals surface area contributed by atoms with Gasteiger partial charge < -0.3 is 14.8 Å². The van der Waals surface area contributed by atoms with Gasteiger partial charge in [0.05, 0.1) is 25.0 Å². The molecule has 0 aliphatic carbocycles. The number of ether oxygens (including phenoxy) is 2. The summed E-state index contributed by atoms with van der Waals surface area (Å²) in [6.45, 7) is 6.54. The summed E-state index contributed by atoms with van der Waals surface area (Å²) >= 11 is 0. The lowest BCUT2D eigenvalue weighted by Crippen LogP contribution is -2.33. The van der Waals surface area contributed by atoms with Crippen molar-refractivity contribution in [1.29, 1.82) is 0 Å². The Morgan fingerprint density at radius 3 is 2.15 bits per heavy atom. The molecular weight excluding hydrogens is 428 g/mol. The van der Waals surface area contributed by atoms with Crippen molar-refractivity contribution in [2.75, 3.05) is 23.9 Å². The van der Waals surface area contributed by atoms with Gasteiger partial charge in [0.2, 0.25) is 0 Å². The largest absolute Gasteiger partial charge is 0.497 e. The molecule has 0 atom stereocenters. The van der Waals surface area contributed by atoms with E-state index in [0.29, 0.717) is 34.9 Å². The second-order valence-corrected chi connectivity index (χ2v) is 8.21. The quantitative estimate of drug-likeness (QED) is 0.454. The van der Waals surface area contributed by atoms with E-state index in [1.54, 1.807) is 19.2 Å². The highest BCUT2D eigenvalue weighted by atomic mass is 16.5. The summed E-state index contributed by atoms with van der Waals surface area (Å²) in [7, 11) is 1.60. The van der Waals surface area contributed by atoms with Gasteiger partial charge in [0.25, 0.3) is 11.8 Å². The van der Waals surface area contributed by atoms with Gasteiger partial charge in [0, 0.05) is 5.69 Å². The summed E-state index contributed by atoms with van der Waals surface area (Å²) in [5.41, 5.74) is 4.38. The zero-order chi connectivity index (χ0) is 24.2. The number of hydrogen-bond acceptors (Lipinski definition) is 5. The number of nitrogens with one attached hydrogen (secondary N) is 1. The first-order valence-electron chi connectivity index (χ1n) is 11.3. The second kappa shape index (κ2) is 9.83. The van der Waals surface area contributed by atoms with Gasteiger partial charge >= 0.3 is 0 Å². The first kappa shape index (κ1) is 23.1. The van der Waals surface area contributed by atoms with Crippen LogP contribution in [0.1, 0.15) is 30.0 Å². The molecule has 3 aromatic rings. The molecule has 2 amide bonds. The molecule has 174 valence electrons. The van der Waals surface area contributed by atoms with Gasteiger partial charge in [-0.25, -0.2) is 4.90 Å². The number of carbonyl (C=O) groups excluding carboxylic acids is 2. The molecule has 0 unspecified atom stereocenters. The van der Waals surface area contributed by atoms with Crippen LogP contribution < -0.4 is 19.7 Å². The highest BCUT2D eigenvalue weighted by Gasteiger charge is 2.40. The predicted molar refractivity (Wildman–Crippen MR) is 134 cm³/mol. The number of imide groups is 1. The number of rotatable bonds is 8. The predicted octanol–water partition coefficient (Wildman–Crippen LogP) is 5.50. The summed E-state index contributed by atoms with van der Waals surface area (Å²) < 4.78 is 10.9. The van der Waals surface area contributed by atoms with E-state index in [2.05, 4.69) is 5.32 Å². The minimum absolute atomic E-state index is 0.234. The number of aryl methyl sites for hydroxylation is 2. The van der Waals surface area contributed by atoms with E-state index in [0.717, 1.165) is 23.3 Å². The van der Waals surface area contributed by atoms with E-state index in [1.165, 1.54) is 4.90 Å². The lowest BCUT2D eigenvalue weighted by Gasteiger charge is -2.18. The Balaban J connectivity index is 1.76. The molecule has 0 fully saturated rings. The molecule has 6 heteroatoms. The Bertz CT molecular complexity index is 1240. The molecule has 0 radical (unpaired) electrons. The van der Waals surface area contributed by atoms with Gasteiger partial charge in [-0.3, -0.25) is 9.59 Å². The zero-order valence-electron chi connectivity index (χ0n) is 19.8. The molecule has 34 heavy (non-hydrogen) atoms. The average molecular weight is 457 g/mol. The second-order valence-electron chi connectivity index (χ2n) is 8.21. The van der Waals surface area contributed by atoms with Crippen LogP contribution in [-0.2, 0) is 9.59 Å². The molecule has 3 aromatic carbocycles. The van der Waals surface area contributed by atoms with Crippen molar-refractivity contribution in [1.82, 2.24) is 0 Å². The van der Waals surface area contributed by atoms with Crippen LogP contribution in [0.2, 0.25) is 0 Å². The van der Waals surface area contributed by atoms with Crippen LogP contribution in [0.15, 0.2) is 72.4 Å². The van der Waals surface area contributed by atoms with Gasteiger partial charge in [-0.1, -0.05) is 36.8 Å². The van der Waals surface area contributed by atoms with E-state index in [9.17, 15) is 9.59 Å². The summed E-state index contributed by atoms with van der Waals surface area (Å²) in [5.74, 6) is 0.663. The number of hydrogen-bond donors (Lipinski definition) is 1. The molecule has 4 rings (SSSR count). The van der Waals surface area contributed by atoms with Crippen LogP contribution in [0, 0.1) is 13.8 Å². The molecule has 1 heterocycles. The molecule has 0 spiro atoms. The van der Waals surface area contributed by atoms with Gasteiger partial charge in [-0.05, 0) is 73.9 Å². The Morgan fingerprint density at radius 1 is 0.853 bits per heavy atom. The van der Waals surface area contributed by atoms with Crippen LogP contribution in [0.5, 0.6) is 11.5 Å². The van der Waals surface area contributed by atoms with Gasteiger partial charge in [0.1, 0.15) is 17.2 Å². The molecule has 0 saturated carbocycles. The lowest BCUT2D eigenvalue weighted by atomic mass is 10.0. The summed E-state index contributed by atoms with van der Waals surface area (Å²) in [5, 5.41) is 3.18. The Kier molecular flexibility index (Phi) is 6.68. The third-order valence-corrected chi connectivity index (χ3v) is 5.65. The van der Waals surface area contributed by atoms with Crippen molar-refractivity contribution in [3.8, 4) is 11.5 Å². The SMILES string of the molecule is CCCOc1ccc(C2=C(Nc3ccc(OC)cc3)C(=O)N(c3ccc(C)cc3C)C2=O)cc1. The summed E-state index contributed by atoms with van der Waals surface area (Å²) in [4.78, 5) is 28.5. The maximum atomic E-state index is 13.7. The van der Waals surface area contributed by atoms with Gasteiger partial charge in [0.15, 0.2) is 0 Å². The third kappa shape index (κ3) is 4.53. The molecular formula is C28H28N2O4. The monoisotopic (exact) mass is 456 g/mol. The zero-order valence-corrected chi connectivity index (χ0v) is 19.8. The van der Waals surface area contributed by atoms with Gasteiger partial charge in [-0.15, -0.1) is 0 Å².